The highest BCUT2D eigenvalue weighted by atomic mass is 79.9. The van der Waals surface area contributed by atoms with Crippen molar-refractivity contribution in [1.82, 2.24) is 0 Å². The van der Waals surface area contributed by atoms with Crippen LogP contribution in [0.4, 0.5) is 0 Å². The number of aliphatic carboxylic acids is 1. The van der Waals surface area contributed by atoms with Gasteiger partial charge in [0.2, 0.25) is 0 Å². The van der Waals surface area contributed by atoms with Crippen LogP contribution >= 0.6 is 15.9 Å². The zero-order valence-corrected chi connectivity index (χ0v) is 9.96. The molecule has 78 valence electrons. The second-order valence-electron chi connectivity index (χ2n) is 3.89. The van der Waals surface area contributed by atoms with Gasteiger partial charge in [-0.2, -0.15) is 0 Å². The molecule has 1 N–H and O–H groups in total. The topological polar surface area (TPSA) is 50.4 Å². The summed E-state index contributed by atoms with van der Waals surface area (Å²) in [6.07, 6.45) is 0. The van der Waals surface area contributed by atoms with Gasteiger partial charge in [-0.3, -0.25) is 4.79 Å². The number of rotatable bonds is 3. The van der Waals surface area contributed by atoms with Crippen molar-refractivity contribution in [3.8, 4) is 0 Å². The monoisotopic (exact) mass is 260 g/mol. The van der Waals surface area contributed by atoms with E-state index in [1.165, 1.54) is 0 Å². The summed E-state index contributed by atoms with van der Waals surface area (Å²) in [5, 5.41) is 8.93. The Bertz CT molecular complexity index is 341. The highest BCUT2D eigenvalue weighted by Crippen LogP contribution is 2.34. The summed E-state index contributed by atoms with van der Waals surface area (Å²) in [6.45, 7) is 5.40. The summed E-state index contributed by atoms with van der Waals surface area (Å²) in [4.78, 5) is 10.9. The first-order valence-corrected chi connectivity index (χ1v) is 5.13. The maximum Gasteiger partial charge on any atom is 0.307 e. The number of furan rings is 1. The van der Waals surface area contributed by atoms with E-state index in [4.69, 9.17) is 9.52 Å². The van der Waals surface area contributed by atoms with Gasteiger partial charge >= 0.3 is 5.97 Å². The highest BCUT2D eigenvalue weighted by molar-refractivity contribution is 9.10. The minimum Gasteiger partial charge on any atom is -0.481 e. The van der Waals surface area contributed by atoms with Crippen molar-refractivity contribution in [2.75, 3.05) is 0 Å². The number of hydrogen-bond acceptors (Lipinski definition) is 2. The minimum absolute atomic E-state index is 0.486. The number of hydrogen-bond donors (Lipinski definition) is 1. The Morgan fingerprint density at radius 1 is 1.57 bits per heavy atom. The van der Waals surface area contributed by atoms with Crippen LogP contribution in [0.15, 0.2) is 21.2 Å². The first-order valence-electron chi connectivity index (χ1n) is 4.34. The minimum atomic E-state index is -0.817. The van der Waals surface area contributed by atoms with E-state index in [-0.39, 0.29) is 0 Å². The molecule has 0 aliphatic rings. The lowest BCUT2D eigenvalue weighted by atomic mass is 9.78. The molecule has 0 aromatic carbocycles. The summed E-state index contributed by atoms with van der Waals surface area (Å²) in [6, 6.07) is 3.56. The van der Waals surface area contributed by atoms with Gasteiger partial charge in [0, 0.05) is 5.41 Å². The number of carboxylic acid groups (broad SMARTS) is 1. The molecule has 0 aliphatic carbocycles. The van der Waals surface area contributed by atoms with E-state index in [0.29, 0.717) is 10.4 Å². The second-order valence-corrected chi connectivity index (χ2v) is 4.67. The Labute approximate surface area is 91.2 Å². The molecule has 4 heteroatoms. The summed E-state index contributed by atoms with van der Waals surface area (Å²) < 4.78 is 6.00. The SMILES string of the molecule is CC(C(=O)O)C(C)(C)c1ccc(Br)o1. The first kappa shape index (κ1) is 11.3. The van der Waals surface area contributed by atoms with Crippen LogP contribution in [-0.4, -0.2) is 11.1 Å². The van der Waals surface area contributed by atoms with Crippen LogP contribution in [0.1, 0.15) is 26.5 Å². The van der Waals surface area contributed by atoms with Gasteiger partial charge in [-0.25, -0.2) is 0 Å². The predicted molar refractivity (Wildman–Crippen MR) is 56.2 cm³/mol. The van der Waals surface area contributed by atoms with Crippen LogP contribution in [0.25, 0.3) is 0 Å². The molecule has 0 aliphatic heterocycles. The molecular weight excluding hydrogens is 248 g/mol. The third-order valence-electron chi connectivity index (χ3n) is 2.66. The maximum absolute atomic E-state index is 10.9. The van der Waals surface area contributed by atoms with Gasteiger partial charge in [0.05, 0.1) is 5.92 Å². The standard InChI is InChI=1S/C10H13BrO3/c1-6(9(12)13)10(2,3)7-4-5-8(11)14-7/h4-6H,1-3H3,(H,12,13). The van der Waals surface area contributed by atoms with Crippen LogP contribution in [0.3, 0.4) is 0 Å². The quantitative estimate of drug-likeness (QED) is 0.909. The van der Waals surface area contributed by atoms with Crippen molar-refractivity contribution < 1.29 is 14.3 Å². The molecule has 1 aromatic heterocycles. The molecule has 14 heavy (non-hydrogen) atoms. The van der Waals surface area contributed by atoms with E-state index >= 15 is 0 Å². The molecule has 0 saturated carbocycles. The Balaban J connectivity index is 3.01. The highest BCUT2D eigenvalue weighted by Gasteiger charge is 2.35. The van der Waals surface area contributed by atoms with Crippen LogP contribution in [0.5, 0.6) is 0 Å². The Morgan fingerprint density at radius 2 is 2.14 bits per heavy atom. The predicted octanol–water partition coefficient (Wildman–Crippen LogP) is 3.04. The van der Waals surface area contributed by atoms with Crippen molar-refractivity contribution >= 4 is 21.9 Å². The molecule has 0 amide bonds. The zero-order valence-electron chi connectivity index (χ0n) is 8.37. The Kier molecular flexibility index (Phi) is 3.04. The molecule has 1 atom stereocenters. The molecule has 0 radical (unpaired) electrons. The fourth-order valence-electron chi connectivity index (χ4n) is 1.18. The van der Waals surface area contributed by atoms with Crippen molar-refractivity contribution in [3.05, 3.63) is 22.6 Å². The average molecular weight is 261 g/mol. The van der Waals surface area contributed by atoms with E-state index in [1.54, 1.807) is 19.1 Å². The zero-order chi connectivity index (χ0) is 10.9. The van der Waals surface area contributed by atoms with Crippen LogP contribution < -0.4 is 0 Å². The van der Waals surface area contributed by atoms with E-state index in [2.05, 4.69) is 15.9 Å². The lowest BCUT2D eigenvalue weighted by Gasteiger charge is -2.26. The van der Waals surface area contributed by atoms with Crippen molar-refractivity contribution in [1.29, 1.82) is 0 Å². The molecule has 1 unspecified atom stereocenters. The molecule has 1 aromatic rings. The third kappa shape index (κ3) is 2.00. The molecule has 0 fully saturated rings. The van der Waals surface area contributed by atoms with Gasteiger partial charge in [-0.05, 0) is 28.1 Å². The maximum atomic E-state index is 10.9. The molecule has 0 spiro atoms. The lowest BCUT2D eigenvalue weighted by Crippen LogP contribution is -2.32. The number of carboxylic acids is 1. The van der Waals surface area contributed by atoms with Gasteiger partial charge in [-0.15, -0.1) is 0 Å². The molecule has 1 rings (SSSR count). The smallest absolute Gasteiger partial charge is 0.307 e. The van der Waals surface area contributed by atoms with Gasteiger partial charge in [0.25, 0.3) is 0 Å². The fourth-order valence-corrected chi connectivity index (χ4v) is 1.49. The largest absolute Gasteiger partial charge is 0.481 e. The normalized spacial score (nSPS) is 14.0. The van der Waals surface area contributed by atoms with Crippen LogP contribution in [0, 0.1) is 5.92 Å². The summed E-state index contributed by atoms with van der Waals surface area (Å²) in [7, 11) is 0. The van der Waals surface area contributed by atoms with Gasteiger partial charge in [-0.1, -0.05) is 20.8 Å². The van der Waals surface area contributed by atoms with Crippen LogP contribution in [-0.2, 0) is 10.2 Å². The van der Waals surface area contributed by atoms with Crippen molar-refractivity contribution in [2.45, 2.75) is 26.2 Å². The molecule has 0 saturated heterocycles. The third-order valence-corrected chi connectivity index (χ3v) is 3.09. The Morgan fingerprint density at radius 3 is 2.50 bits per heavy atom. The summed E-state index contributed by atoms with van der Waals surface area (Å²) in [5.74, 6) is -0.623. The van der Waals surface area contributed by atoms with Crippen molar-refractivity contribution in [3.63, 3.8) is 0 Å². The fraction of sp³-hybridized carbons (Fsp3) is 0.500. The van der Waals surface area contributed by atoms with Gasteiger partial charge in [0.15, 0.2) is 4.67 Å². The lowest BCUT2D eigenvalue weighted by molar-refractivity contribution is -0.143. The van der Waals surface area contributed by atoms with E-state index in [9.17, 15) is 4.79 Å². The Hall–Kier alpha value is -0.770. The van der Waals surface area contributed by atoms with E-state index in [0.717, 1.165) is 0 Å². The number of carbonyl (C=O) groups is 1. The first-order chi connectivity index (χ1) is 6.35. The summed E-state index contributed by atoms with van der Waals surface area (Å²) in [5.41, 5.74) is -0.502. The van der Waals surface area contributed by atoms with Crippen LogP contribution in [0.2, 0.25) is 0 Å². The summed E-state index contributed by atoms with van der Waals surface area (Å²) >= 11 is 3.20. The van der Waals surface area contributed by atoms with Crippen molar-refractivity contribution in [2.24, 2.45) is 5.92 Å². The van der Waals surface area contributed by atoms with Gasteiger partial charge < -0.3 is 9.52 Å². The van der Waals surface area contributed by atoms with E-state index < -0.39 is 17.3 Å². The second kappa shape index (κ2) is 3.77. The molecule has 1 heterocycles. The molecule has 3 nitrogen and oxygen atoms in total. The number of halogens is 1. The molecule has 0 bridgehead atoms. The van der Waals surface area contributed by atoms with Gasteiger partial charge in [0.1, 0.15) is 5.76 Å². The average Bonchev–Trinajstić information content (AvgIpc) is 2.50. The van der Waals surface area contributed by atoms with E-state index in [1.807, 2.05) is 13.8 Å². The molecular formula is C10H13BrO3.